The van der Waals surface area contributed by atoms with Crippen molar-refractivity contribution in [2.45, 2.75) is 47.0 Å². The molecule has 0 bridgehead atoms. The number of carbonyl (C=O) groups is 1. The molecule has 1 aliphatic rings. The van der Waals surface area contributed by atoms with Gasteiger partial charge in [0, 0.05) is 49.4 Å². The fourth-order valence-electron chi connectivity index (χ4n) is 3.79. The first-order chi connectivity index (χ1) is 12.9. The van der Waals surface area contributed by atoms with Gasteiger partial charge in [0.2, 0.25) is 5.91 Å². The number of benzene rings is 1. The molecule has 0 atom stereocenters. The van der Waals surface area contributed by atoms with Crippen LogP contribution in [-0.4, -0.2) is 47.0 Å². The molecule has 0 spiro atoms. The van der Waals surface area contributed by atoms with Crippen molar-refractivity contribution in [2.75, 3.05) is 31.1 Å². The Morgan fingerprint density at radius 2 is 1.81 bits per heavy atom. The number of nitrogens with zero attached hydrogens (tertiary/aromatic N) is 4. The van der Waals surface area contributed by atoms with Crippen molar-refractivity contribution in [3.05, 3.63) is 41.1 Å². The summed E-state index contributed by atoms with van der Waals surface area (Å²) in [7, 11) is 0. The summed E-state index contributed by atoms with van der Waals surface area (Å²) in [5.74, 6) is 2.39. The molecule has 1 amide bonds. The number of aromatic nitrogens is 2. The minimum Gasteiger partial charge on any atom is -0.353 e. The van der Waals surface area contributed by atoms with Crippen molar-refractivity contribution in [2.24, 2.45) is 0 Å². The maximum atomic E-state index is 12.0. The summed E-state index contributed by atoms with van der Waals surface area (Å²) in [6, 6.07) is 8.34. The summed E-state index contributed by atoms with van der Waals surface area (Å²) < 4.78 is 0. The zero-order valence-corrected chi connectivity index (χ0v) is 17.1. The normalized spacial score (nSPS) is 14.7. The minimum absolute atomic E-state index is 0.234. The third-order valence-electron chi connectivity index (χ3n) is 5.20. The maximum Gasteiger partial charge on any atom is 0.222 e. The van der Waals surface area contributed by atoms with E-state index in [1.54, 1.807) is 0 Å². The Labute approximate surface area is 162 Å². The molecule has 0 aliphatic carbocycles. The van der Waals surface area contributed by atoms with Crippen LogP contribution in [0.3, 0.4) is 0 Å². The second-order valence-electron chi connectivity index (χ2n) is 7.62. The lowest BCUT2D eigenvalue weighted by atomic mass is 10.0. The summed E-state index contributed by atoms with van der Waals surface area (Å²) in [4.78, 5) is 26.1. The third-order valence-corrected chi connectivity index (χ3v) is 5.20. The lowest BCUT2D eigenvalue weighted by Gasteiger charge is -2.37. The van der Waals surface area contributed by atoms with Crippen LogP contribution in [0.15, 0.2) is 24.3 Å². The van der Waals surface area contributed by atoms with Crippen LogP contribution in [0.2, 0.25) is 0 Å². The van der Waals surface area contributed by atoms with E-state index in [0.29, 0.717) is 12.3 Å². The van der Waals surface area contributed by atoms with Crippen LogP contribution in [0.1, 0.15) is 49.9 Å². The SMILES string of the molecule is CCC(=O)N1CCN(c2nc(-c3cccc(C)c3)nc(C)c2C(C)C)CC1. The topological polar surface area (TPSA) is 49.3 Å². The van der Waals surface area contributed by atoms with E-state index in [4.69, 9.17) is 9.97 Å². The van der Waals surface area contributed by atoms with Crippen LogP contribution in [0.4, 0.5) is 5.82 Å². The number of rotatable bonds is 4. The van der Waals surface area contributed by atoms with Crippen molar-refractivity contribution in [3.8, 4) is 11.4 Å². The molecule has 0 radical (unpaired) electrons. The Hall–Kier alpha value is -2.43. The quantitative estimate of drug-likeness (QED) is 0.822. The Morgan fingerprint density at radius 3 is 2.41 bits per heavy atom. The van der Waals surface area contributed by atoms with Crippen LogP contribution in [0.25, 0.3) is 11.4 Å². The molecule has 0 N–H and O–H groups in total. The summed E-state index contributed by atoms with van der Waals surface area (Å²) in [5.41, 5.74) is 4.50. The number of amides is 1. The highest BCUT2D eigenvalue weighted by atomic mass is 16.2. The van der Waals surface area contributed by atoms with Crippen LogP contribution in [-0.2, 0) is 4.79 Å². The van der Waals surface area contributed by atoms with Gasteiger partial charge in [-0.1, -0.05) is 44.5 Å². The van der Waals surface area contributed by atoms with Crippen molar-refractivity contribution < 1.29 is 4.79 Å². The van der Waals surface area contributed by atoms with Crippen LogP contribution >= 0.6 is 0 Å². The molecule has 5 heteroatoms. The summed E-state index contributed by atoms with van der Waals surface area (Å²) in [6.07, 6.45) is 0.571. The van der Waals surface area contributed by atoms with Crippen molar-refractivity contribution in [1.82, 2.24) is 14.9 Å². The van der Waals surface area contributed by atoms with E-state index in [-0.39, 0.29) is 5.91 Å². The van der Waals surface area contributed by atoms with Gasteiger partial charge in [-0.2, -0.15) is 0 Å². The minimum atomic E-state index is 0.234. The number of aryl methyl sites for hydroxylation is 2. The number of piperazine rings is 1. The van der Waals surface area contributed by atoms with Gasteiger partial charge in [0.25, 0.3) is 0 Å². The molecule has 1 aromatic heterocycles. The van der Waals surface area contributed by atoms with E-state index in [9.17, 15) is 4.79 Å². The van der Waals surface area contributed by atoms with Gasteiger partial charge in [-0.25, -0.2) is 9.97 Å². The molecular weight excluding hydrogens is 336 g/mol. The number of hydrogen-bond acceptors (Lipinski definition) is 4. The van der Waals surface area contributed by atoms with Gasteiger partial charge >= 0.3 is 0 Å². The van der Waals surface area contributed by atoms with Gasteiger partial charge in [-0.15, -0.1) is 0 Å². The van der Waals surface area contributed by atoms with Crippen molar-refractivity contribution in [1.29, 1.82) is 0 Å². The van der Waals surface area contributed by atoms with Gasteiger partial charge in [0.05, 0.1) is 0 Å². The molecule has 27 heavy (non-hydrogen) atoms. The molecule has 1 aromatic carbocycles. The summed E-state index contributed by atoms with van der Waals surface area (Å²) in [6.45, 7) is 13.6. The first-order valence-corrected chi connectivity index (χ1v) is 9.89. The molecule has 2 aromatic rings. The Kier molecular flexibility index (Phi) is 5.78. The van der Waals surface area contributed by atoms with Gasteiger partial charge in [0.1, 0.15) is 5.82 Å². The summed E-state index contributed by atoms with van der Waals surface area (Å²) in [5, 5.41) is 0. The molecule has 1 fully saturated rings. The molecule has 1 aliphatic heterocycles. The molecular formula is C22H30N4O. The van der Waals surface area contributed by atoms with E-state index in [1.165, 1.54) is 11.1 Å². The standard InChI is InChI=1S/C22H30N4O/c1-6-19(27)25-10-12-26(13-11-25)22-20(15(2)3)17(5)23-21(24-22)18-9-7-8-16(4)14-18/h7-9,14-15H,6,10-13H2,1-5H3. The highest BCUT2D eigenvalue weighted by Crippen LogP contribution is 2.31. The smallest absolute Gasteiger partial charge is 0.222 e. The molecule has 144 valence electrons. The van der Waals surface area contributed by atoms with Crippen molar-refractivity contribution >= 4 is 11.7 Å². The van der Waals surface area contributed by atoms with Crippen LogP contribution in [0.5, 0.6) is 0 Å². The van der Waals surface area contributed by atoms with E-state index in [0.717, 1.165) is 49.1 Å². The number of anilines is 1. The van der Waals surface area contributed by atoms with Gasteiger partial charge in [-0.3, -0.25) is 4.79 Å². The largest absolute Gasteiger partial charge is 0.353 e. The highest BCUT2D eigenvalue weighted by Gasteiger charge is 2.25. The lowest BCUT2D eigenvalue weighted by molar-refractivity contribution is -0.131. The van der Waals surface area contributed by atoms with E-state index in [2.05, 4.69) is 56.9 Å². The van der Waals surface area contributed by atoms with Crippen molar-refractivity contribution in [3.63, 3.8) is 0 Å². The van der Waals surface area contributed by atoms with E-state index in [1.807, 2.05) is 11.8 Å². The molecule has 2 heterocycles. The predicted molar refractivity (Wildman–Crippen MR) is 110 cm³/mol. The first kappa shape index (κ1) is 19.3. The fourth-order valence-corrected chi connectivity index (χ4v) is 3.79. The Morgan fingerprint density at radius 1 is 1.11 bits per heavy atom. The van der Waals surface area contributed by atoms with Gasteiger partial charge < -0.3 is 9.80 Å². The van der Waals surface area contributed by atoms with Gasteiger partial charge in [-0.05, 0) is 25.8 Å². The Balaban J connectivity index is 1.97. The Bertz CT molecular complexity index is 823. The molecule has 5 nitrogen and oxygen atoms in total. The second kappa shape index (κ2) is 8.07. The molecule has 1 saturated heterocycles. The first-order valence-electron chi connectivity index (χ1n) is 9.89. The highest BCUT2D eigenvalue weighted by molar-refractivity contribution is 5.76. The molecule has 0 unspecified atom stereocenters. The van der Waals surface area contributed by atoms with E-state index < -0.39 is 0 Å². The lowest BCUT2D eigenvalue weighted by Crippen LogP contribution is -2.49. The zero-order valence-electron chi connectivity index (χ0n) is 17.1. The number of hydrogen-bond donors (Lipinski definition) is 0. The van der Waals surface area contributed by atoms with Crippen LogP contribution in [0, 0.1) is 13.8 Å². The van der Waals surface area contributed by atoms with Crippen LogP contribution < -0.4 is 4.90 Å². The fraction of sp³-hybridized carbons (Fsp3) is 0.500. The third kappa shape index (κ3) is 4.12. The predicted octanol–water partition coefficient (Wildman–Crippen LogP) is 3.94. The zero-order chi connectivity index (χ0) is 19.6. The average molecular weight is 367 g/mol. The summed E-state index contributed by atoms with van der Waals surface area (Å²) >= 11 is 0. The average Bonchev–Trinajstić information content (AvgIpc) is 2.66. The van der Waals surface area contributed by atoms with Gasteiger partial charge in [0.15, 0.2) is 5.82 Å². The second-order valence-corrected chi connectivity index (χ2v) is 7.62. The number of carbonyl (C=O) groups excluding carboxylic acids is 1. The molecule has 3 rings (SSSR count). The molecule has 0 saturated carbocycles. The monoisotopic (exact) mass is 366 g/mol. The van der Waals surface area contributed by atoms with E-state index >= 15 is 0 Å². The maximum absolute atomic E-state index is 12.0.